The maximum absolute atomic E-state index is 12.2. The molecular formula is C26H38O6. The van der Waals surface area contributed by atoms with Crippen molar-refractivity contribution in [2.24, 2.45) is 34.0 Å². The van der Waals surface area contributed by atoms with E-state index >= 15 is 0 Å². The maximum atomic E-state index is 12.2. The molecule has 3 fully saturated rings. The Labute approximate surface area is 191 Å². The second-order valence-corrected chi connectivity index (χ2v) is 11.5. The van der Waals surface area contributed by atoms with Gasteiger partial charge in [-0.3, -0.25) is 14.4 Å². The van der Waals surface area contributed by atoms with Gasteiger partial charge in [0.1, 0.15) is 18.0 Å². The zero-order chi connectivity index (χ0) is 23.5. The van der Waals surface area contributed by atoms with Crippen molar-refractivity contribution in [3.8, 4) is 0 Å². The molecule has 4 aliphatic carbocycles. The van der Waals surface area contributed by atoms with Crippen LogP contribution in [-0.4, -0.2) is 30.1 Å². The number of allylic oxidation sites excluding steroid dienone is 2. The Kier molecular flexibility index (Phi) is 5.74. The Hall–Kier alpha value is -1.85. The Morgan fingerprint density at radius 2 is 1.59 bits per heavy atom. The highest BCUT2D eigenvalue weighted by molar-refractivity contribution is 5.68. The van der Waals surface area contributed by atoms with Crippen LogP contribution in [0.3, 0.4) is 0 Å². The van der Waals surface area contributed by atoms with Crippen LogP contribution in [0.2, 0.25) is 0 Å². The van der Waals surface area contributed by atoms with Gasteiger partial charge < -0.3 is 14.2 Å². The lowest BCUT2D eigenvalue weighted by molar-refractivity contribution is -0.219. The van der Waals surface area contributed by atoms with E-state index in [1.165, 1.54) is 20.8 Å². The molecule has 0 aromatic carbocycles. The molecule has 6 heteroatoms. The van der Waals surface area contributed by atoms with Crippen molar-refractivity contribution in [3.05, 3.63) is 11.8 Å². The third kappa shape index (κ3) is 3.58. The summed E-state index contributed by atoms with van der Waals surface area (Å²) >= 11 is 0. The van der Waals surface area contributed by atoms with Gasteiger partial charge in [-0.1, -0.05) is 20.8 Å². The highest BCUT2D eigenvalue weighted by atomic mass is 16.6. The molecule has 3 saturated carbocycles. The zero-order valence-electron chi connectivity index (χ0n) is 20.4. The van der Waals surface area contributed by atoms with Crippen LogP contribution in [-0.2, 0) is 28.6 Å². The molecule has 0 spiro atoms. The van der Waals surface area contributed by atoms with E-state index in [1.54, 1.807) is 0 Å². The molecule has 32 heavy (non-hydrogen) atoms. The summed E-state index contributed by atoms with van der Waals surface area (Å²) < 4.78 is 17.3. The standard InChI is InChI=1S/C26H38O6/c1-15(27)30-18-9-12-26(6)23-19(10-11-24(26,4)13-18)20-7-8-22(32-17(3)29)25(20,5)14-21(23)31-16(2)28/h8,18-21,23H,7,9-14H2,1-6H3/t18-,19+,20-,21-,23+,24+,25-,26-/m1/s1. The van der Waals surface area contributed by atoms with Crippen LogP contribution < -0.4 is 0 Å². The van der Waals surface area contributed by atoms with Gasteiger partial charge in [0.2, 0.25) is 0 Å². The fourth-order valence-corrected chi connectivity index (χ4v) is 8.16. The van der Waals surface area contributed by atoms with Gasteiger partial charge in [-0.25, -0.2) is 0 Å². The molecule has 0 N–H and O–H groups in total. The van der Waals surface area contributed by atoms with Gasteiger partial charge in [-0.05, 0) is 73.7 Å². The predicted octanol–water partition coefficient (Wildman–Crippen LogP) is 4.95. The summed E-state index contributed by atoms with van der Waals surface area (Å²) in [5.74, 6) is 1.01. The molecule has 4 rings (SSSR count). The van der Waals surface area contributed by atoms with Gasteiger partial charge in [-0.2, -0.15) is 0 Å². The highest BCUT2D eigenvalue weighted by Crippen LogP contribution is 2.70. The molecule has 6 nitrogen and oxygen atoms in total. The summed E-state index contributed by atoms with van der Waals surface area (Å²) in [6.45, 7) is 11.3. The summed E-state index contributed by atoms with van der Waals surface area (Å²) in [4.78, 5) is 35.5. The minimum absolute atomic E-state index is 0.0157. The van der Waals surface area contributed by atoms with E-state index in [9.17, 15) is 14.4 Å². The van der Waals surface area contributed by atoms with Gasteiger partial charge in [0, 0.05) is 32.1 Å². The van der Waals surface area contributed by atoms with Gasteiger partial charge in [0.25, 0.3) is 0 Å². The van der Waals surface area contributed by atoms with Gasteiger partial charge in [-0.15, -0.1) is 0 Å². The molecule has 0 saturated heterocycles. The minimum atomic E-state index is -0.300. The van der Waals surface area contributed by atoms with Crippen molar-refractivity contribution >= 4 is 17.9 Å². The molecule has 0 aromatic rings. The average molecular weight is 447 g/mol. The molecule has 0 amide bonds. The molecule has 4 aliphatic rings. The second-order valence-electron chi connectivity index (χ2n) is 11.5. The molecule has 0 unspecified atom stereocenters. The van der Waals surface area contributed by atoms with E-state index in [4.69, 9.17) is 14.2 Å². The quantitative estimate of drug-likeness (QED) is 0.451. The third-order valence-electron chi connectivity index (χ3n) is 9.65. The number of hydrogen-bond donors (Lipinski definition) is 0. The molecule has 0 heterocycles. The van der Waals surface area contributed by atoms with E-state index in [-0.39, 0.29) is 52.3 Å². The van der Waals surface area contributed by atoms with Crippen molar-refractivity contribution in [2.45, 2.75) is 98.7 Å². The minimum Gasteiger partial charge on any atom is -0.463 e. The number of ether oxygens (including phenoxy) is 3. The first-order valence-electron chi connectivity index (χ1n) is 12.1. The Bertz CT molecular complexity index is 847. The lowest BCUT2D eigenvalue weighted by atomic mass is 9.40. The fraction of sp³-hybridized carbons (Fsp3) is 0.808. The lowest BCUT2D eigenvalue weighted by Gasteiger charge is -2.66. The van der Waals surface area contributed by atoms with E-state index in [2.05, 4.69) is 26.8 Å². The van der Waals surface area contributed by atoms with Crippen LogP contribution in [0.1, 0.15) is 86.5 Å². The van der Waals surface area contributed by atoms with Crippen LogP contribution >= 0.6 is 0 Å². The summed E-state index contributed by atoms with van der Waals surface area (Å²) in [7, 11) is 0. The highest BCUT2D eigenvalue weighted by Gasteiger charge is 2.66. The summed E-state index contributed by atoms with van der Waals surface area (Å²) in [5, 5.41) is 0. The van der Waals surface area contributed by atoms with E-state index in [0.717, 1.165) is 44.3 Å². The largest absolute Gasteiger partial charge is 0.463 e. The summed E-state index contributed by atoms with van der Waals surface area (Å²) in [5.41, 5.74) is -0.298. The third-order valence-corrected chi connectivity index (χ3v) is 9.65. The first-order valence-corrected chi connectivity index (χ1v) is 12.1. The van der Waals surface area contributed by atoms with E-state index in [1.807, 2.05) is 0 Å². The van der Waals surface area contributed by atoms with Crippen molar-refractivity contribution in [3.63, 3.8) is 0 Å². The van der Waals surface area contributed by atoms with Crippen LogP contribution in [0.4, 0.5) is 0 Å². The van der Waals surface area contributed by atoms with E-state index in [0.29, 0.717) is 18.3 Å². The van der Waals surface area contributed by atoms with Crippen molar-refractivity contribution in [2.75, 3.05) is 0 Å². The van der Waals surface area contributed by atoms with Gasteiger partial charge in [0.05, 0.1) is 0 Å². The van der Waals surface area contributed by atoms with Crippen molar-refractivity contribution < 1.29 is 28.6 Å². The fourth-order valence-electron chi connectivity index (χ4n) is 8.16. The smallest absolute Gasteiger partial charge is 0.307 e. The van der Waals surface area contributed by atoms with Crippen LogP contribution in [0, 0.1) is 34.0 Å². The van der Waals surface area contributed by atoms with Crippen molar-refractivity contribution in [1.82, 2.24) is 0 Å². The van der Waals surface area contributed by atoms with Crippen LogP contribution in [0.25, 0.3) is 0 Å². The number of rotatable bonds is 3. The first kappa shape index (κ1) is 23.3. The number of carbonyl (C=O) groups is 3. The number of esters is 3. The average Bonchev–Trinajstić information content (AvgIpc) is 2.97. The Balaban J connectivity index is 1.69. The first-order chi connectivity index (χ1) is 14.9. The number of carbonyl (C=O) groups excluding carboxylic acids is 3. The molecule has 0 radical (unpaired) electrons. The number of fused-ring (bicyclic) bond motifs is 5. The summed E-state index contributed by atoms with van der Waals surface area (Å²) in [6.07, 6.45) is 8.18. The molecule has 0 bridgehead atoms. The SMILES string of the molecule is CC(=O)OC1=CC[C@@H]2[C@@H]3CC[C@@]4(C)C[C@H](OC(C)=O)CC[C@]4(C)[C@@H]3[C@H](OC(C)=O)C[C@@]12C. The van der Waals surface area contributed by atoms with Crippen molar-refractivity contribution in [1.29, 1.82) is 0 Å². The topological polar surface area (TPSA) is 78.9 Å². The van der Waals surface area contributed by atoms with Crippen LogP contribution in [0.15, 0.2) is 11.8 Å². The normalized spacial score (nSPS) is 44.9. The molecular weight excluding hydrogens is 408 g/mol. The monoisotopic (exact) mass is 446 g/mol. The number of hydrogen-bond acceptors (Lipinski definition) is 6. The van der Waals surface area contributed by atoms with E-state index < -0.39 is 0 Å². The van der Waals surface area contributed by atoms with Gasteiger partial charge >= 0.3 is 17.9 Å². The molecule has 8 atom stereocenters. The predicted molar refractivity (Wildman–Crippen MR) is 118 cm³/mol. The molecule has 178 valence electrons. The van der Waals surface area contributed by atoms with Crippen LogP contribution in [0.5, 0.6) is 0 Å². The molecule has 0 aromatic heterocycles. The summed E-state index contributed by atoms with van der Waals surface area (Å²) in [6, 6.07) is 0. The molecule has 0 aliphatic heterocycles. The maximum Gasteiger partial charge on any atom is 0.307 e. The second kappa shape index (κ2) is 7.88. The zero-order valence-corrected chi connectivity index (χ0v) is 20.4. The Morgan fingerprint density at radius 3 is 2.22 bits per heavy atom. The Morgan fingerprint density at radius 1 is 0.906 bits per heavy atom. The van der Waals surface area contributed by atoms with Gasteiger partial charge in [0.15, 0.2) is 0 Å². The lowest BCUT2D eigenvalue weighted by Crippen LogP contribution is -2.63.